The number of carbonyl (C=O) groups excluding carboxylic acids is 1. The van der Waals surface area contributed by atoms with Crippen LogP contribution in [0.3, 0.4) is 0 Å². The zero-order chi connectivity index (χ0) is 27.3. The summed E-state index contributed by atoms with van der Waals surface area (Å²) in [4.78, 5) is 23.5. The second kappa shape index (κ2) is 15.0. The monoisotopic (exact) mass is 529 g/mol. The van der Waals surface area contributed by atoms with Crippen LogP contribution in [-0.4, -0.2) is 36.9 Å². The molecule has 0 aromatic heterocycles. The normalized spacial score (nSPS) is 12.0. The standard InChI is InChI=1S/C33H39NO5/c35-32(36)29-20-12-13-21-31(29)38-23-15-7-5-3-1-2-4-6-14-22-34-33(37)39-24-30-27-18-10-8-16-25(27)26-17-9-11-19-28(26)30/h8-13,16-21,30H,1-7,14-15,22-24H2,(H,34,37)(H,35,36). The van der Waals surface area contributed by atoms with E-state index in [4.69, 9.17) is 9.47 Å². The van der Waals surface area contributed by atoms with Gasteiger partial charge in [-0.3, -0.25) is 0 Å². The maximum Gasteiger partial charge on any atom is 0.407 e. The average molecular weight is 530 g/mol. The number of carboxylic acid groups (broad SMARTS) is 1. The number of aromatic carboxylic acids is 1. The van der Waals surface area contributed by atoms with Gasteiger partial charge in [-0.15, -0.1) is 0 Å². The maximum absolute atomic E-state index is 12.3. The zero-order valence-electron chi connectivity index (χ0n) is 22.6. The molecule has 206 valence electrons. The Hall–Kier alpha value is -3.80. The van der Waals surface area contributed by atoms with Crippen molar-refractivity contribution in [3.8, 4) is 16.9 Å². The highest BCUT2D eigenvalue weighted by Gasteiger charge is 2.28. The van der Waals surface area contributed by atoms with Gasteiger partial charge in [-0.2, -0.15) is 0 Å². The Morgan fingerprint density at radius 3 is 1.87 bits per heavy atom. The summed E-state index contributed by atoms with van der Waals surface area (Å²) >= 11 is 0. The lowest BCUT2D eigenvalue weighted by Gasteiger charge is -2.14. The molecule has 1 aliphatic carbocycles. The minimum atomic E-state index is -0.960. The van der Waals surface area contributed by atoms with Crippen LogP contribution in [0.15, 0.2) is 72.8 Å². The van der Waals surface area contributed by atoms with Crippen LogP contribution in [0.4, 0.5) is 4.79 Å². The van der Waals surface area contributed by atoms with E-state index in [0.717, 1.165) is 32.1 Å². The molecule has 0 bridgehead atoms. The Morgan fingerprint density at radius 2 is 1.23 bits per heavy atom. The molecule has 0 saturated carbocycles. The van der Waals surface area contributed by atoms with Crippen molar-refractivity contribution < 1.29 is 24.2 Å². The molecule has 1 aliphatic rings. The number of benzene rings is 3. The minimum Gasteiger partial charge on any atom is -0.493 e. The van der Waals surface area contributed by atoms with E-state index in [1.165, 1.54) is 47.9 Å². The van der Waals surface area contributed by atoms with Crippen LogP contribution < -0.4 is 10.1 Å². The van der Waals surface area contributed by atoms with Crippen molar-refractivity contribution in [3.63, 3.8) is 0 Å². The number of unbranched alkanes of at least 4 members (excludes halogenated alkanes) is 8. The predicted molar refractivity (Wildman–Crippen MR) is 154 cm³/mol. The number of hydrogen-bond acceptors (Lipinski definition) is 4. The van der Waals surface area contributed by atoms with Crippen LogP contribution in [0, 0.1) is 0 Å². The van der Waals surface area contributed by atoms with Gasteiger partial charge in [0.1, 0.15) is 17.9 Å². The second-order valence-corrected chi connectivity index (χ2v) is 10.1. The first-order valence-corrected chi connectivity index (χ1v) is 14.2. The van der Waals surface area contributed by atoms with Gasteiger partial charge < -0.3 is 19.9 Å². The molecule has 6 heteroatoms. The van der Waals surface area contributed by atoms with Crippen LogP contribution in [0.5, 0.6) is 5.75 Å². The lowest BCUT2D eigenvalue weighted by Crippen LogP contribution is -2.27. The molecule has 0 radical (unpaired) electrons. The molecule has 1 amide bonds. The predicted octanol–water partition coefficient (Wildman–Crippen LogP) is 7.81. The molecule has 0 spiro atoms. The van der Waals surface area contributed by atoms with Crippen LogP contribution in [0.1, 0.15) is 85.2 Å². The van der Waals surface area contributed by atoms with Gasteiger partial charge in [0.2, 0.25) is 0 Å². The highest BCUT2D eigenvalue weighted by Crippen LogP contribution is 2.44. The topological polar surface area (TPSA) is 84.9 Å². The Labute approximate surface area is 231 Å². The van der Waals surface area contributed by atoms with Gasteiger partial charge in [0.15, 0.2) is 0 Å². The van der Waals surface area contributed by atoms with Crippen LogP contribution >= 0.6 is 0 Å². The second-order valence-electron chi connectivity index (χ2n) is 10.1. The maximum atomic E-state index is 12.3. The van der Waals surface area contributed by atoms with E-state index >= 15 is 0 Å². The van der Waals surface area contributed by atoms with E-state index in [9.17, 15) is 14.7 Å². The van der Waals surface area contributed by atoms with Crippen LogP contribution in [0.25, 0.3) is 11.1 Å². The van der Waals surface area contributed by atoms with Crippen LogP contribution in [0.2, 0.25) is 0 Å². The SMILES string of the molecule is O=C(NCCCCCCCCCCCOc1ccccc1C(=O)O)OCC1c2ccccc2-c2ccccc21. The molecule has 0 heterocycles. The summed E-state index contributed by atoms with van der Waals surface area (Å²) < 4.78 is 11.2. The van der Waals surface area contributed by atoms with Gasteiger partial charge in [-0.25, -0.2) is 9.59 Å². The molecule has 0 atom stereocenters. The Morgan fingerprint density at radius 1 is 0.692 bits per heavy atom. The van der Waals surface area contributed by atoms with Crippen molar-refractivity contribution in [1.82, 2.24) is 5.32 Å². The zero-order valence-corrected chi connectivity index (χ0v) is 22.6. The van der Waals surface area contributed by atoms with Gasteiger partial charge in [0, 0.05) is 12.5 Å². The fraction of sp³-hybridized carbons (Fsp3) is 0.394. The lowest BCUT2D eigenvalue weighted by molar-refractivity contribution is 0.0692. The summed E-state index contributed by atoms with van der Waals surface area (Å²) in [5.74, 6) is -0.430. The van der Waals surface area contributed by atoms with E-state index in [1.807, 2.05) is 12.1 Å². The quantitative estimate of drug-likeness (QED) is 0.185. The van der Waals surface area contributed by atoms with Crippen molar-refractivity contribution in [2.75, 3.05) is 19.8 Å². The molecular formula is C33H39NO5. The number of hydrogen-bond donors (Lipinski definition) is 2. The highest BCUT2D eigenvalue weighted by molar-refractivity contribution is 5.90. The number of carboxylic acids is 1. The van der Waals surface area contributed by atoms with Gasteiger partial charge in [-0.05, 0) is 47.2 Å². The largest absolute Gasteiger partial charge is 0.493 e. The van der Waals surface area contributed by atoms with Crippen molar-refractivity contribution >= 4 is 12.1 Å². The molecule has 3 aromatic carbocycles. The van der Waals surface area contributed by atoms with Crippen molar-refractivity contribution in [3.05, 3.63) is 89.5 Å². The van der Waals surface area contributed by atoms with Crippen LogP contribution in [-0.2, 0) is 4.74 Å². The third kappa shape index (κ3) is 8.09. The summed E-state index contributed by atoms with van der Waals surface area (Å²) in [5.41, 5.74) is 5.12. The number of fused-ring (bicyclic) bond motifs is 3. The number of ether oxygens (including phenoxy) is 2. The molecular weight excluding hydrogens is 490 g/mol. The summed E-state index contributed by atoms with van der Waals surface area (Å²) in [7, 11) is 0. The number of amides is 1. The highest BCUT2D eigenvalue weighted by atomic mass is 16.5. The van der Waals surface area contributed by atoms with Gasteiger partial charge in [-0.1, -0.05) is 106 Å². The molecule has 4 rings (SSSR count). The number of alkyl carbamates (subject to hydrolysis) is 1. The van der Waals surface area contributed by atoms with Gasteiger partial charge in [0.05, 0.1) is 6.61 Å². The summed E-state index contributed by atoms with van der Waals surface area (Å²) in [5, 5.41) is 12.1. The summed E-state index contributed by atoms with van der Waals surface area (Å²) in [6.45, 7) is 1.53. The van der Waals surface area contributed by atoms with Gasteiger partial charge >= 0.3 is 12.1 Å². The minimum absolute atomic E-state index is 0.0873. The van der Waals surface area contributed by atoms with Gasteiger partial charge in [0.25, 0.3) is 0 Å². The molecule has 3 aromatic rings. The molecule has 39 heavy (non-hydrogen) atoms. The van der Waals surface area contributed by atoms with E-state index in [-0.39, 0.29) is 17.6 Å². The molecule has 0 saturated heterocycles. The van der Waals surface area contributed by atoms with E-state index in [1.54, 1.807) is 24.3 Å². The van der Waals surface area contributed by atoms with Crippen molar-refractivity contribution in [2.24, 2.45) is 0 Å². The first-order chi connectivity index (χ1) is 19.1. The smallest absolute Gasteiger partial charge is 0.407 e. The summed E-state index contributed by atoms with van der Waals surface area (Å²) in [6, 6.07) is 23.5. The molecule has 0 fully saturated rings. The number of rotatable bonds is 16. The molecule has 0 aliphatic heterocycles. The fourth-order valence-electron chi connectivity index (χ4n) is 5.26. The van der Waals surface area contributed by atoms with E-state index in [2.05, 4.69) is 41.7 Å². The Kier molecular flexibility index (Phi) is 10.8. The first kappa shape index (κ1) is 28.2. The third-order valence-corrected chi connectivity index (χ3v) is 7.31. The van der Waals surface area contributed by atoms with Crippen molar-refractivity contribution in [2.45, 2.75) is 63.7 Å². The fourth-order valence-corrected chi connectivity index (χ4v) is 5.26. The van der Waals surface area contributed by atoms with E-state index in [0.29, 0.717) is 25.5 Å². The Bertz CT molecular complexity index is 1180. The number of carbonyl (C=O) groups is 2. The lowest BCUT2D eigenvalue weighted by atomic mass is 9.98. The van der Waals surface area contributed by atoms with E-state index < -0.39 is 5.97 Å². The molecule has 6 nitrogen and oxygen atoms in total. The molecule has 2 N–H and O–H groups in total. The molecule has 0 unspecified atom stereocenters. The average Bonchev–Trinajstić information content (AvgIpc) is 3.28. The number of para-hydroxylation sites is 1. The number of nitrogens with one attached hydrogen (secondary N) is 1. The Balaban J connectivity index is 0.987. The third-order valence-electron chi connectivity index (χ3n) is 7.31. The van der Waals surface area contributed by atoms with Crippen molar-refractivity contribution in [1.29, 1.82) is 0 Å². The summed E-state index contributed by atoms with van der Waals surface area (Å²) in [6.07, 6.45) is 9.66. The first-order valence-electron chi connectivity index (χ1n) is 14.2.